The lowest BCUT2D eigenvalue weighted by Gasteiger charge is -2.40. The topological polar surface area (TPSA) is 251 Å². The average Bonchev–Trinajstić information content (AvgIpc) is 2.71. The Kier molecular flexibility index (Phi) is 12.0. The second-order valence-corrected chi connectivity index (χ2v) is 6.89. The molecule has 2 rings (SSSR count). The first-order valence-corrected chi connectivity index (χ1v) is 9.42. The molecular weight excluding hydrogens is 412 g/mol. The van der Waals surface area contributed by atoms with Crippen LogP contribution in [0.2, 0.25) is 0 Å². The van der Waals surface area contributed by atoms with Crippen LogP contribution in [0.15, 0.2) is 0 Å². The molecule has 0 amide bonds. The number of nitrogens with two attached hydrogens (primary N) is 2. The van der Waals surface area contributed by atoms with Crippen LogP contribution in [0.5, 0.6) is 0 Å². The first-order chi connectivity index (χ1) is 14.1. The Hall–Kier alpha value is -0.560. The van der Waals surface area contributed by atoms with Crippen molar-refractivity contribution in [2.75, 3.05) is 26.4 Å². The fraction of sp³-hybridized carbons (Fsp3) is 1.00. The smallest absolute Gasteiger partial charge is 0.184 e. The highest BCUT2D eigenvalue weighted by molar-refractivity contribution is 4.90. The van der Waals surface area contributed by atoms with E-state index in [4.69, 9.17) is 40.6 Å². The van der Waals surface area contributed by atoms with E-state index >= 15 is 0 Å². The minimum atomic E-state index is -1.42. The molecule has 12 N–H and O–H groups in total. The fourth-order valence-corrected chi connectivity index (χ4v) is 2.92. The van der Waals surface area contributed by atoms with E-state index in [2.05, 4.69) is 0 Å². The third kappa shape index (κ3) is 7.25. The molecule has 180 valence electrons. The van der Waals surface area contributed by atoms with Gasteiger partial charge < -0.3 is 71.3 Å². The van der Waals surface area contributed by atoms with Crippen LogP contribution in [0.4, 0.5) is 0 Å². The first kappa shape index (κ1) is 27.5. The van der Waals surface area contributed by atoms with Crippen molar-refractivity contribution in [2.24, 2.45) is 11.5 Å². The van der Waals surface area contributed by atoms with Crippen molar-refractivity contribution in [3.8, 4) is 0 Å². The lowest BCUT2D eigenvalue weighted by molar-refractivity contribution is -0.302. The van der Waals surface area contributed by atoms with Crippen LogP contribution in [0.25, 0.3) is 0 Å². The second kappa shape index (κ2) is 13.1. The predicted octanol–water partition coefficient (Wildman–Crippen LogP) is -6.13. The minimum Gasteiger partial charge on any atom is -0.394 e. The van der Waals surface area contributed by atoms with E-state index in [9.17, 15) is 30.6 Å². The second-order valence-electron chi connectivity index (χ2n) is 6.89. The van der Waals surface area contributed by atoms with Gasteiger partial charge in [-0.2, -0.15) is 0 Å². The summed E-state index contributed by atoms with van der Waals surface area (Å²) in [6.45, 7) is 0.900. The van der Waals surface area contributed by atoms with Crippen LogP contribution >= 0.6 is 0 Å². The van der Waals surface area contributed by atoms with E-state index in [1.165, 1.54) is 6.92 Å². The standard InChI is InChI=1S/2C8H17NO6/c1-3(9)14-7-6(12)5(11)4(2-10)15-8(7)13;9-1-2-14-7-6(12)5(11)4(3-10)15-8(7)13/h3-8,10-13H,2,9H2,1H3;4-8,10-13H,1-3,9H2/t3?,4-,5-,6+,7+,8?;4-,5+,6+,7-,8?/m11/s1. The lowest BCUT2D eigenvalue weighted by Crippen LogP contribution is -2.60. The Morgan fingerprint density at radius 2 is 1.23 bits per heavy atom. The number of hydrogen-bond acceptors (Lipinski definition) is 14. The van der Waals surface area contributed by atoms with Gasteiger partial charge >= 0.3 is 0 Å². The molecular formula is C16H34N2O12. The van der Waals surface area contributed by atoms with Crippen LogP contribution in [-0.4, -0.2) is 135 Å². The van der Waals surface area contributed by atoms with Crippen molar-refractivity contribution >= 4 is 0 Å². The SMILES string of the molecule is CC(N)O[C@@H]1C(O)O[C@H](CO)[C@@H](O)[C@@H]1O.NCCO[C@H]1C(O)O[C@H](CO)[C@H](O)[C@@H]1O. The Morgan fingerprint density at radius 1 is 0.800 bits per heavy atom. The molecule has 2 aliphatic rings. The van der Waals surface area contributed by atoms with E-state index in [0.717, 1.165) is 0 Å². The molecule has 2 aliphatic heterocycles. The quantitative estimate of drug-likeness (QED) is 0.163. The van der Waals surface area contributed by atoms with Crippen LogP contribution in [0, 0.1) is 0 Å². The van der Waals surface area contributed by atoms with Gasteiger partial charge in [-0.25, -0.2) is 0 Å². The summed E-state index contributed by atoms with van der Waals surface area (Å²) in [6.07, 6.45) is -13.0. The fourth-order valence-electron chi connectivity index (χ4n) is 2.92. The molecule has 0 radical (unpaired) electrons. The van der Waals surface area contributed by atoms with Crippen molar-refractivity contribution in [2.45, 2.75) is 74.6 Å². The van der Waals surface area contributed by atoms with E-state index in [1.807, 2.05) is 0 Å². The third-order valence-corrected chi connectivity index (χ3v) is 4.49. The lowest BCUT2D eigenvalue weighted by atomic mass is 9.99. The summed E-state index contributed by atoms with van der Waals surface area (Å²) in [5, 5.41) is 74.5. The molecule has 2 heterocycles. The summed E-state index contributed by atoms with van der Waals surface area (Å²) in [6, 6.07) is 0. The van der Waals surface area contributed by atoms with Gasteiger partial charge in [-0.15, -0.1) is 0 Å². The number of aliphatic hydroxyl groups is 8. The Balaban J connectivity index is 0.000000300. The summed E-state index contributed by atoms with van der Waals surface area (Å²) in [5.41, 5.74) is 10.5. The molecule has 0 saturated carbocycles. The highest BCUT2D eigenvalue weighted by atomic mass is 16.7. The normalized spacial score (nSPS) is 42.9. The minimum absolute atomic E-state index is 0.138. The molecule has 0 aromatic carbocycles. The molecule has 14 heteroatoms. The number of ether oxygens (including phenoxy) is 4. The number of hydrogen-bond donors (Lipinski definition) is 10. The largest absolute Gasteiger partial charge is 0.394 e. The van der Waals surface area contributed by atoms with Crippen molar-refractivity contribution in [1.82, 2.24) is 0 Å². The Morgan fingerprint density at radius 3 is 1.63 bits per heavy atom. The van der Waals surface area contributed by atoms with Crippen molar-refractivity contribution < 1.29 is 59.8 Å². The van der Waals surface area contributed by atoms with Crippen LogP contribution in [0.3, 0.4) is 0 Å². The summed E-state index contributed by atoms with van der Waals surface area (Å²) < 4.78 is 19.7. The summed E-state index contributed by atoms with van der Waals surface area (Å²) >= 11 is 0. The maximum absolute atomic E-state index is 9.58. The van der Waals surface area contributed by atoms with E-state index in [-0.39, 0.29) is 13.2 Å². The van der Waals surface area contributed by atoms with Crippen molar-refractivity contribution in [3.63, 3.8) is 0 Å². The summed E-state index contributed by atoms with van der Waals surface area (Å²) in [5.74, 6) is 0. The Bertz CT molecular complexity index is 476. The first-order valence-electron chi connectivity index (χ1n) is 9.42. The molecule has 3 unspecified atom stereocenters. The van der Waals surface area contributed by atoms with E-state index < -0.39 is 80.9 Å². The van der Waals surface area contributed by atoms with Crippen molar-refractivity contribution in [1.29, 1.82) is 0 Å². The predicted molar refractivity (Wildman–Crippen MR) is 97.3 cm³/mol. The molecule has 0 bridgehead atoms. The third-order valence-electron chi connectivity index (χ3n) is 4.49. The summed E-state index contributed by atoms with van der Waals surface area (Å²) in [7, 11) is 0. The molecule has 14 nitrogen and oxygen atoms in total. The van der Waals surface area contributed by atoms with Gasteiger partial charge in [0.25, 0.3) is 0 Å². The average molecular weight is 446 g/mol. The zero-order valence-electron chi connectivity index (χ0n) is 16.5. The maximum Gasteiger partial charge on any atom is 0.184 e. The van der Waals surface area contributed by atoms with E-state index in [0.29, 0.717) is 0 Å². The van der Waals surface area contributed by atoms with Gasteiger partial charge in [-0.1, -0.05) is 0 Å². The van der Waals surface area contributed by atoms with Gasteiger partial charge in [0.05, 0.1) is 19.8 Å². The van der Waals surface area contributed by atoms with Gasteiger partial charge in [-0.05, 0) is 6.92 Å². The highest BCUT2D eigenvalue weighted by Crippen LogP contribution is 2.23. The van der Waals surface area contributed by atoms with Gasteiger partial charge in [0.2, 0.25) is 0 Å². The van der Waals surface area contributed by atoms with Crippen molar-refractivity contribution in [3.05, 3.63) is 0 Å². The molecule has 0 aromatic heterocycles. The Labute approximate surface area is 173 Å². The molecule has 2 saturated heterocycles. The zero-order chi connectivity index (χ0) is 23.0. The van der Waals surface area contributed by atoms with Crippen LogP contribution in [-0.2, 0) is 18.9 Å². The summed E-state index contributed by atoms with van der Waals surface area (Å²) in [4.78, 5) is 0. The molecule has 30 heavy (non-hydrogen) atoms. The molecule has 11 atom stereocenters. The molecule has 0 spiro atoms. The van der Waals surface area contributed by atoms with Gasteiger partial charge in [0, 0.05) is 6.54 Å². The monoisotopic (exact) mass is 446 g/mol. The van der Waals surface area contributed by atoms with Gasteiger partial charge in [0.1, 0.15) is 55.1 Å². The van der Waals surface area contributed by atoms with Crippen LogP contribution in [0.1, 0.15) is 6.92 Å². The highest BCUT2D eigenvalue weighted by Gasteiger charge is 2.45. The van der Waals surface area contributed by atoms with Crippen LogP contribution < -0.4 is 11.5 Å². The molecule has 0 aliphatic carbocycles. The number of aliphatic hydroxyl groups excluding tert-OH is 8. The zero-order valence-corrected chi connectivity index (χ0v) is 16.5. The van der Waals surface area contributed by atoms with E-state index in [1.54, 1.807) is 0 Å². The molecule has 0 aromatic rings. The molecule has 2 fully saturated rings. The maximum atomic E-state index is 9.58. The number of rotatable bonds is 7. The van der Waals surface area contributed by atoms with Gasteiger partial charge in [0.15, 0.2) is 12.6 Å². The van der Waals surface area contributed by atoms with Gasteiger partial charge in [-0.3, -0.25) is 0 Å².